The molecule has 2 unspecified atom stereocenters. The van der Waals surface area contributed by atoms with Crippen LogP contribution in [0, 0.1) is 16.0 Å². The van der Waals surface area contributed by atoms with Crippen molar-refractivity contribution in [3.63, 3.8) is 0 Å². The molecule has 0 aromatic carbocycles. The Labute approximate surface area is 129 Å². The number of carbonyl (C=O) groups is 1. The minimum Gasteiger partial charge on any atom is -0.358 e. The lowest BCUT2D eigenvalue weighted by Crippen LogP contribution is -2.45. The van der Waals surface area contributed by atoms with Gasteiger partial charge in [0.25, 0.3) is 5.91 Å². The van der Waals surface area contributed by atoms with Gasteiger partial charge in [0.05, 0.1) is 7.05 Å². The van der Waals surface area contributed by atoms with Gasteiger partial charge in [-0.2, -0.15) is 0 Å². The fraction of sp³-hybridized carbons (Fsp3) is 0.615. The van der Waals surface area contributed by atoms with Crippen LogP contribution in [-0.2, 0) is 7.05 Å². The Morgan fingerprint density at radius 1 is 1.52 bits per heavy atom. The molecule has 0 spiro atoms. The molecule has 118 valence electrons. The van der Waals surface area contributed by atoms with E-state index in [1.54, 1.807) is 11.9 Å². The van der Waals surface area contributed by atoms with Crippen LogP contribution in [0.25, 0.3) is 0 Å². The Bertz CT molecular complexity index is 529. The maximum Gasteiger partial charge on any atom is 0.323 e. The van der Waals surface area contributed by atoms with Gasteiger partial charge in [-0.05, 0) is 36.7 Å². The highest BCUT2D eigenvalue weighted by Crippen LogP contribution is 2.22. The molecule has 7 nitrogen and oxygen atoms in total. The number of piperidine rings is 1. The maximum absolute atomic E-state index is 12.5. The molecule has 0 radical (unpaired) electrons. The first kappa shape index (κ1) is 17.5. The number of carbonyl (C=O) groups excluding carboxylic acids is 1. The number of halogens is 1. The van der Waals surface area contributed by atoms with Crippen molar-refractivity contribution in [2.24, 2.45) is 18.7 Å². The van der Waals surface area contributed by atoms with E-state index in [0.717, 1.165) is 12.8 Å². The highest BCUT2D eigenvalue weighted by molar-refractivity contribution is 5.93. The minimum absolute atomic E-state index is 0. The first-order valence-electron chi connectivity index (χ1n) is 6.76. The van der Waals surface area contributed by atoms with E-state index >= 15 is 0 Å². The molecule has 0 bridgehead atoms. The first-order chi connectivity index (χ1) is 9.41. The van der Waals surface area contributed by atoms with Crippen molar-refractivity contribution in [3.05, 3.63) is 27.9 Å². The lowest BCUT2D eigenvalue weighted by Gasteiger charge is -2.34. The van der Waals surface area contributed by atoms with Crippen LogP contribution >= 0.6 is 12.4 Å². The lowest BCUT2D eigenvalue weighted by atomic mass is 9.92. The van der Waals surface area contributed by atoms with Gasteiger partial charge < -0.3 is 20.7 Å². The van der Waals surface area contributed by atoms with Crippen molar-refractivity contribution < 1.29 is 9.72 Å². The standard InChI is InChI=1S/C13H20N4O3.ClH/c1-9(14)10-4-3-7-16(8-10)13(18)11-5-6-12(15(11)2)17(19)20;/h5-6,9-10H,3-4,7-8,14H2,1-2H3;1H. The summed E-state index contributed by atoms with van der Waals surface area (Å²) in [6.45, 7) is 3.25. The summed E-state index contributed by atoms with van der Waals surface area (Å²) >= 11 is 0. The number of nitro groups is 1. The van der Waals surface area contributed by atoms with Gasteiger partial charge in [-0.25, -0.2) is 4.57 Å². The summed E-state index contributed by atoms with van der Waals surface area (Å²) in [5.41, 5.74) is 6.26. The van der Waals surface area contributed by atoms with Crippen LogP contribution in [0.4, 0.5) is 5.82 Å². The third-order valence-corrected chi connectivity index (χ3v) is 3.99. The number of nitrogens with zero attached hydrogens (tertiary/aromatic N) is 3. The van der Waals surface area contributed by atoms with E-state index in [9.17, 15) is 14.9 Å². The summed E-state index contributed by atoms with van der Waals surface area (Å²) in [5, 5.41) is 10.8. The SMILES string of the molecule is CC(N)C1CCCN(C(=O)c2ccc([N+](=O)[O-])n2C)C1.Cl. The molecule has 21 heavy (non-hydrogen) atoms. The van der Waals surface area contributed by atoms with E-state index in [0.29, 0.717) is 24.7 Å². The molecule has 0 saturated carbocycles. The van der Waals surface area contributed by atoms with E-state index in [2.05, 4.69) is 0 Å². The topological polar surface area (TPSA) is 94.4 Å². The Balaban J connectivity index is 0.00000220. The first-order valence-corrected chi connectivity index (χ1v) is 6.76. The van der Waals surface area contributed by atoms with E-state index < -0.39 is 4.92 Å². The van der Waals surface area contributed by atoms with Gasteiger partial charge in [-0.15, -0.1) is 12.4 Å². The molecule has 2 atom stereocenters. The van der Waals surface area contributed by atoms with Gasteiger partial charge in [0.1, 0.15) is 0 Å². The zero-order chi connectivity index (χ0) is 14.9. The Morgan fingerprint density at radius 3 is 2.71 bits per heavy atom. The van der Waals surface area contributed by atoms with Crippen molar-refractivity contribution in [1.29, 1.82) is 0 Å². The molecule has 1 saturated heterocycles. The van der Waals surface area contributed by atoms with E-state index in [-0.39, 0.29) is 30.2 Å². The molecule has 2 heterocycles. The van der Waals surface area contributed by atoms with Crippen LogP contribution in [0.5, 0.6) is 0 Å². The second-order valence-corrected chi connectivity index (χ2v) is 5.41. The number of amides is 1. The van der Waals surface area contributed by atoms with Crippen LogP contribution < -0.4 is 5.73 Å². The monoisotopic (exact) mass is 316 g/mol. The van der Waals surface area contributed by atoms with Crippen LogP contribution in [0.2, 0.25) is 0 Å². The molecule has 1 aliphatic rings. The quantitative estimate of drug-likeness (QED) is 0.676. The van der Waals surface area contributed by atoms with E-state index in [4.69, 9.17) is 5.73 Å². The van der Waals surface area contributed by atoms with Crippen molar-refractivity contribution in [1.82, 2.24) is 9.47 Å². The van der Waals surface area contributed by atoms with Gasteiger partial charge in [0, 0.05) is 25.2 Å². The second-order valence-electron chi connectivity index (χ2n) is 5.41. The number of hydrogen-bond donors (Lipinski definition) is 1. The predicted octanol–water partition coefficient (Wildman–Crippen LogP) is 1.55. The van der Waals surface area contributed by atoms with Crippen LogP contribution in [-0.4, -0.2) is 39.4 Å². The average molecular weight is 317 g/mol. The minimum atomic E-state index is -0.488. The fourth-order valence-corrected chi connectivity index (χ4v) is 2.68. The third kappa shape index (κ3) is 3.54. The highest BCUT2D eigenvalue weighted by atomic mass is 35.5. The second kappa shape index (κ2) is 6.91. The summed E-state index contributed by atoms with van der Waals surface area (Å²) in [6, 6.07) is 2.92. The van der Waals surface area contributed by atoms with Crippen molar-refractivity contribution in [2.45, 2.75) is 25.8 Å². The summed E-state index contributed by atoms with van der Waals surface area (Å²) in [5.74, 6) is 0.0583. The maximum atomic E-state index is 12.5. The van der Waals surface area contributed by atoms with Gasteiger partial charge in [0.2, 0.25) is 0 Å². The van der Waals surface area contributed by atoms with Gasteiger partial charge in [-0.3, -0.25) is 4.79 Å². The molecular formula is C13H21ClN4O3. The van der Waals surface area contributed by atoms with Crippen LogP contribution in [0.3, 0.4) is 0 Å². The van der Waals surface area contributed by atoms with Crippen molar-refractivity contribution in [2.75, 3.05) is 13.1 Å². The molecule has 1 aromatic heterocycles. The van der Waals surface area contributed by atoms with Crippen molar-refractivity contribution in [3.8, 4) is 0 Å². The highest BCUT2D eigenvalue weighted by Gasteiger charge is 2.30. The number of hydrogen-bond acceptors (Lipinski definition) is 4. The van der Waals surface area contributed by atoms with Gasteiger partial charge >= 0.3 is 5.82 Å². The number of aromatic nitrogens is 1. The van der Waals surface area contributed by atoms with Crippen LogP contribution in [0.1, 0.15) is 30.3 Å². The number of rotatable bonds is 3. The molecular weight excluding hydrogens is 296 g/mol. The van der Waals surface area contributed by atoms with E-state index in [1.165, 1.54) is 16.7 Å². The molecule has 2 N–H and O–H groups in total. The predicted molar refractivity (Wildman–Crippen MR) is 81.6 cm³/mol. The molecule has 0 aliphatic carbocycles. The largest absolute Gasteiger partial charge is 0.358 e. The molecule has 2 rings (SSSR count). The molecule has 8 heteroatoms. The normalized spacial score (nSPS) is 19.8. The summed E-state index contributed by atoms with van der Waals surface area (Å²) in [6.07, 6.45) is 1.94. The Morgan fingerprint density at radius 2 is 2.19 bits per heavy atom. The Hall–Kier alpha value is -1.60. The van der Waals surface area contributed by atoms with Gasteiger partial charge in [-0.1, -0.05) is 0 Å². The van der Waals surface area contributed by atoms with E-state index in [1.807, 2.05) is 6.92 Å². The third-order valence-electron chi connectivity index (χ3n) is 3.99. The molecule has 1 amide bonds. The zero-order valence-electron chi connectivity index (χ0n) is 12.2. The average Bonchev–Trinajstić information content (AvgIpc) is 2.80. The summed E-state index contributed by atoms with van der Waals surface area (Å²) in [4.78, 5) is 24.5. The zero-order valence-corrected chi connectivity index (χ0v) is 13.0. The molecule has 1 aliphatic heterocycles. The number of nitrogens with two attached hydrogens (primary N) is 1. The van der Waals surface area contributed by atoms with Gasteiger partial charge in [0.15, 0.2) is 5.69 Å². The summed E-state index contributed by atoms with van der Waals surface area (Å²) < 4.78 is 1.33. The smallest absolute Gasteiger partial charge is 0.323 e. The summed E-state index contributed by atoms with van der Waals surface area (Å²) in [7, 11) is 1.54. The fourth-order valence-electron chi connectivity index (χ4n) is 2.68. The molecule has 1 aromatic rings. The lowest BCUT2D eigenvalue weighted by molar-refractivity contribution is -0.391. The van der Waals surface area contributed by atoms with Crippen LogP contribution in [0.15, 0.2) is 12.1 Å². The van der Waals surface area contributed by atoms with Crippen molar-refractivity contribution >= 4 is 24.1 Å². The Kier molecular flexibility index (Phi) is 5.74. The number of likely N-dealkylation sites (tertiary alicyclic amines) is 1. The molecule has 1 fully saturated rings.